The fourth-order valence-corrected chi connectivity index (χ4v) is 5.20. The summed E-state index contributed by atoms with van der Waals surface area (Å²) >= 11 is 1.38. The van der Waals surface area contributed by atoms with Crippen LogP contribution >= 0.6 is 11.8 Å². The number of hydrogen-bond donors (Lipinski definition) is 1. The average molecular weight is 471 g/mol. The lowest BCUT2D eigenvalue weighted by atomic mass is 9.95. The summed E-state index contributed by atoms with van der Waals surface area (Å²) in [6.07, 6.45) is 6.06. The molecular formula is C27H35FN2O2S. The van der Waals surface area contributed by atoms with Crippen molar-refractivity contribution in [3.63, 3.8) is 0 Å². The lowest BCUT2D eigenvalue weighted by molar-refractivity contribution is -0.139. The van der Waals surface area contributed by atoms with E-state index < -0.39 is 6.04 Å². The molecule has 1 N–H and O–H groups in total. The van der Waals surface area contributed by atoms with E-state index in [2.05, 4.69) is 5.32 Å². The Hall–Kier alpha value is -2.34. The Kier molecular flexibility index (Phi) is 9.79. The molecule has 0 heterocycles. The highest BCUT2D eigenvalue weighted by Gasteiger charge is 2.30. The van der Waals surface area contributed by atoms with E-state index in [0.29, 0.717) is 24.3 Å². The number of halogens is 1. The van der Waals surface area contributed by atoms with Crippen LogP contribution in [0.5, 0.6) is 0 Å². The van der Waals surface area contributed by atoms with Crippen LogP contribution in [-0.4, -0.2) is 34.6 Å². The van der Waals surface area contributed by atoms with Gasteiger partial charge in [0.15, 0.2) is 0 Å². The molecule has 1 saturated carbocycles. The summed E-state index contributed by atoms with van der Waals surface area (Å²) in [7, 11) is 0. The molecule has 1 atom stereocenters. The lowest BCUT2D eigenvalue weighted by Gasteiger charge is -2.32. The van der Waals surface area contributed by atoms with Crippen LogP contribution in [0.1, 0.15) is 62.1 Å². The number of thioether (sulfide) groups is 1. The third kappa shape index (κ3) is 7.60. The maximum absolute atomic E-state index is 13.9. The van der Waals surface area contributed by atoms with Crippen LogP contribution in [0.4, 0.5) is 4.39 Å². The molecule has 1 fully saturated rings. The maximum atomic E-state index is 13.9. The first-order chi connectivity index (χ1) is 16.0. The summed E-state index contributed by atoms with van der Waals surface area (Å²) in [5.74, 6) is 0.202. The van der Waals surface area contributed by atoms with Gasteiger partial charge in [-0.3, -0.25) is 9.59 Å². The molecule has 2 aromatic carbocycles. The zero-order chi connectivity index (χ0) is 23.6. The van der Waals surface area contributed by atoms with Crippen molar-refractivity contribution >= 4 is 23.6 Å². The second-order valence-electron chi connectivity index (χ2n) is 8.86. The van der Waals surface area contributed by atoms with Crippen molar-refractivity contribution in [2.75, 3.05) is 5.75 Å². The van der Waals surface area contributed by atoms with Gasteiger partial charge in [0.2, 0.25) is 11.8 Å². The Balaban J connectivity index is 1.70. The predicted octanol–water partition coefficient (Wildman–Crippen LogP) is 5.62. The van der Waals surface area contributed by atoms with Gasteiger partial charge in [-0.05, 0) is 43.4 Å². The van der Waals surface area contributed by atoms with E-state index in [0.717, 1.165) is 36.8 Å². The van der Waals surface area contributed by atoms with Gasteiger partial charge < -0.3 is 10.2 Å². The first-order valence-electron chi connectivity index (χ1n) is 11.9. The SMILES string of the molecule is CC[C@H](C(=O)NC1CCCCC1)N(Cc1ccc(C)cc1)C(=O)CSCc1ccccc1F. The molecule has 0 spiro atoms. The predicted molar refractivity (Wildman–Crippen MR) is 133 cm³/mol. The van der Waals surface area contributed by atoms with Crippen molar-refractivity contribution in [3.05, 3.63) is 71.0 Å². The van der Waals surface area contributed by atoms with Crippen LogP contribution in [0.25, 0.3) is 0 Å². The largest absolute Gasteiger partial charge is 0.352 e. The molecule has 3 rings (SSSR count). The van der Waals surface area contributed by atoms with Crippen molar-refractivity contribution in [3.8, 4) is 0 Å². The number of nitrogens with zero attached hydrogens (tertiary/aromatic N) is 1. The van der Waals surface area contributed by atoms with Gasteiger partial charge in [-0.25, -0.2) is 4.39 Å². The molecule has 178 valence electrons. The number of amides is 2. The number of aryl methyl sites for hydroxylation is 1. The summed E-state index contributed by atoms with van der Waals surface area (Å²) in [6, 6.07) is 14.4. The molecule has 0 bridgehead atoms. The summed E-state index contributed by atoms with van der Waals surface area (Å²) < 4.78 is 13.9. The zero-order valence-corrected chi connectivity index (χ0v) is 20.5. The van der Waals surface area contributed by atoms with E-state index in [1.807, 2.05) is 38.1 Å². The molecule has 6 heteroatoms. The normalized spacial score (nSPS) is 15.1. The van der Waals surface area contributed by atoms with Crippen LogP contribution in [0, 0.1) is 12.7 Å². The van der Waals surface area contributed by atoms with Crippen molar-refractivity contribution in [1.29, 1.82) is 0 Å². The van der Waals surface area contributed by atoms with Gasteiger partial charge in [-0.2, -0.15) is 0 Å². The number of hydrogen-bond acceptors (Lipinski definition) is 3. The summed E-state index contributed by atoms with van der Waals surface area (Å²) in [4.78, 5) is 28.2. The van der Waals surface area contributed by atoms with E-state index in [1.165, 1.54) is 24.2 Å². The summed E-state index contributed by atoms with van der Waals surface area (Å²) in [5, 5.41) is 3.20. The molecule has 1 aliphatic rings. The van der Waals surface area contributed by atoms with Gasteiger partial charge in [0, 0.05) is 18.3 Å². The molecule has 33 heavy (non-hydrogen) atoms. The Morgan fingerprint density at radius 3 is 2.45 bits per heavy atom. The van der Waals surface area contributed by atoms with Crippen LogP contribution in [0.3, 0.4) is 0 Å². The van der Waals surface area contributed by atoms with Gasteiger partial charge in [-0.1, -0.05) is 74.2 Å². The van der Waals surface area contributed by atoms with Gasteiger partial charge in [0.25, 0.3) is 0 Å². The zero-order valence-electron chi connectivity index (χ0n) is 19.7. The van der Waals surface area contributed by atoms with E-state index in [9.17, 15) is 14.0 Å². The van der Waals surface area contributed by atoms with E-state index in [4.69, 9.17) is 0 Å². The topological polar surface area (TPSA) is 49.4 Å². The molecule has 0 aromatic heterocycles. The highest BCUT2D eigenvalue weighted by molar-refractivity contribution is 7.99. The molecule has 0 aliphatic heterocycles. The number of rotatable bonds is 10. The lowest BCUT2D eigenvalue weighted by Crippen LogP contribution is -2.52. The molecule has 1 aliphatic carbocycles. The Bertz CT molecular complexity index is 913. The fourth-order valence-electron chi connectivity index (χ4n) is 4.30. The number of nitrogens with one attached hydrogen (secondary N) is 1. The number of carbonyl (C=O) groups excluding carboxylic acids is 2. The minimum atomic E-state index is -0.519. The summed E-state index contributed by atoms with van der Waals surface area (Å²) in [6.45, 7) is 4.36. The minimum Gasteiger partial charge on any atom is -0.352 e. The fraction of sp³-hybridized carbons (Fsp3) is 0.481. The average Bonchev–Trinajstić information content (AvgIpc) is 2.82. The Morgan fingerprint density at radius 1 is 1.09 bits per heavy atom. The number of benzene rings is 2. The van der Waals surface area contributed by atoms with Crippen LogP contribution in [0.15, 0.2) is 48.5 Å². The van der Waals surface area contributed by atoms with Gasteiger partial charge in [0.1, 0.15) is 11.9 Å². The first-order valence-corrected chi connectivity index (χ1v) is 13.1. The van der Waals surface area contributed by atoms with E-state index >= 15 is 0 Å². The molecule has 4 nitrogen and oxygen atoms in total. The third-order valence-electron chi connectivity index (χ3n) is 6.25. The van der Waals surface area contributed by atoms with Crippen molar-refractivity contribution in [1.82, 2.24) is 10.2 Å². The molecule has 0 unspecified atom stereocenters. The van der Waals surface area contributed by atoms with Gasteiger partial charge >= 0.3 is 0 Å². The molecule has 2 amide bonds. The van der Waals surface area contributed by atoms with Crippen molar-refractivity contribution in [2.24, 2.45) is 0 Å². The van der Waals surface area contributed by atoms with Gasteiger partial charge in [-0.15, -0.1) is 11.8 Å². The second kappa shape index (κ2) is 12.8. The third-order valence-corrected chi connectivity index (χ3v) is 7.22. The quantitative estimate of drug-likeness (QED) is 0.490. The summed E-state index contributed by atoms with van der Waals surface area (Å²) in [5.41, 5.74) is 2.73. The second-order valence-corrected chi connectivity index (χ2v) is 9.84. The Morgan fingerprint density at radius 2 is 1.79 bits per heavy atom. The highest BCUT2D eigenvalue weighted by atomic mass is 32.2. The molecule has 0 radical (unpaired) electrons. The van der Waals surface area contributed by atoms with E-state index in [1.54, 1.807) is 23.1 Å². The van der Waals surface area contributed by atoms with Crippen LogP contribution < -0.4 is 5.32 Å². The first kappa shape index (κ1) is 25.3. The monoisotopic (exact) mass is 470 g/mol. The maximum Gasteiger partial charge on any atom is 0.243 e. The molecular weight excluding hydrogens is 435 g/mol. The highest BCUT2D eigenvalue weighted by Crippen LogP contribution is 2.21. The van der Waals surface area contributed by atoms with Crippen molar-refractivity contribution in [2.45, 2.75) is 76.8 Å². The number of carbonyl (C=O) groups is 2. The van der Waals surface area contributed by atoms with Crippen LogP contribution in [-0.2, 0) is 21.9 Å². The van der Waals surface area contributed by atoms with E-state index in [-0.39, 0.29) is 29.4 Å². The van der Waals surface area contributed by atoms with Crippen LogP contribution in [0.2, 0.25) is 0 Å². The van der Waals surface area contributed by atoms with Crippen molar-refractivity contribution < 1.29 is 14.0 Å². The minimum absolute atomic E-state index is 0.0658. The molecule has 2 aromatic rings. The molecule has 0 saturated heterocycles. The smallest absolute Gasteiger partial charge is 0.243 e. The Labute approximate surface area is 201 Å². The standard InChI is InChI=1S/C27H35FN2O2S/c1-3-25(27(32)29-23-10-5-4-6-11-23)30(17-21-15-13-20(2)14-16-21)26(31)19-33-18-22-9-7-8-12-24(22)28/h7-9,12-16,23,25H,3-6,10-11,17-19H2,1-2H3,(H,29,32)/t25-/m1/s1. The van der Waals surface area contributed by atoms with Gasteiger partial charge in [0.05, 0.1) is 5.75 Å².